The topological polar surface area (TPSA) is 88.5 Å². The van der Waals surface area contributed by atoms with Crippen LogP contribution in [0.1, 0.15) is 18.9 Å². The SMILES string of the molecule is CCCNc1nc(-c2ccc(C)c(F)c2)n(-c2cc(=O)[nH]cn2)n1. The summed E-state index contributed by atoms with van der Waals surface area (Å²) in [5.74, 6) is 0.788. The molecule has 0 atom stereocenters. The predicted octanol–water partition coefficient (Wildman–Crippen LogP) is 2.29. The zero-order valence-corrected chi connectivity index (χ0v) is 13.4. The molecule has 2 aromatic heterocycles. The molecule has 7 nitrogen and oxygen atoms in total. The molecule has 0 fully saturated rings. The van der Waals surface area contributed by atoms with Crippen LogP contribution in [0.5, 0.6) is 0 Å². The van der Waals surface area contributed by atoms with Crippen LogP contribution in [0.2, 0.25) is 0 Å². The molecule has 124 valence electrons. The summed E-state index contributed by atoms with van der Waals surface area (Å²) in [7, 11) is 0. The highest BCUT2D eigenvalue weighted by atomic mass is 19.1. The first-order chi connectivity index (χ1) is 11.6. The predicted molar refractivity (Wildman–Crippen MR) is 88.7 cm³/mol. The van der Waals surface area contributed by atoms with E-state index in [1.807, 2.05) is 6.92 Å². The van der Waals surface area contributed by atoms with E-state index in [1.165, 1.54) is 23.1 Å². The van der Waals surface area contributed by atoms with Crippen molar-refractivity contribution in [3.05, 3.63) is 52.3 Å². The lowest BCUT2D eigenvalue weighted by molar-refractivity contribution is 0.618. The molecule has 0 unspecified atom stereocenters. The second-order valence-electron chi connectivity index (χ2n) is 5.33. The molecule has 24 heavy (non-hydrogen) atoms. The van der Waals surface area contributed by atoms with Crippen LogP contribution >= 0.6 is 0 Å². The number of halogens is 1. The summed E-state index contributed by atoms with van der Waals surface area (Å²) in [5, 5.41) is 7.43. The lowest BCUT2D eigenvalue weighted by atomic mass is 10.1. The first-order valence-corrected chi connectivity index (χ1v) is 7.61. The normalized spacial score (nSPS) is 10.8. The van der Waals surface area contributed by atoms with Crippen molar-refractivity contribution in [1.82, 2.24) is 24.7 Å². The Hall–Kier alpha value is -3.03. The molecule has 1 aromatic carbocycles. The van der Waals surface area contributed by atoms with E-state index in [2.05, 4.69) is 25.4 Å². The van der Waals surface area contributed by atoms with Crippen LogP contribution in [0.15, 0.2) is 35.4 Å². The molecule has 0 aliphatic heterocycles. The number of nitrogens with zero attached hydrogens (tertiary/aromatic N) is 4. The summed E-state index contributed by atoms with van der Waals surface area (Å²) < 4.78 is 15.4. The van der Waals surface area contributed by atoms with E-state index >= 15 is 0 Å². The van der Waals surface area contributed by atoms with E-state index in [9.17, 15) is 9.18 Å². The van der Waals surface area contributed by atoms with Crippen LogP contribution in [0.3, 0.4) is 0 Å². The maximum absolute atomic E-state index is 13.9. The standard InChI is InChI=1S/C16H17FN6O/c1-3-6-18-16-21-15(11-5-4-10(2)12(17)7-11)23(22-16)13-8-14(24)20-9-19-13/h4-5,7-9H,3,6H2,1-2H3,(H,18,22)(H,19,20,24). The average molecular weight is 328 g/mol. The summed E-state index contributed by atoms with van der Waals surface area (Å²) in [5.41, 5.74) is 0.792. The van der Waals surface area contributed by atoms with Gasteiger partial charge >= 0.3 is 0 Å². The Morgan fingerprint density at radius 1 is 1.33 bits per heavy atom. The van der Waals surface area contributed by atoms with Gasteiger partial charge in [-0.25, -0.2) is 9.37 Å². The van der Waals surface area contributed by atoms with Crippen molar-refractivity contribution in [3.63, 3.8) is 0 Å². The highest BCUT2D eigenvalue weighted by Crippen LogP contribution is 2.23. The van der Waals surface area contributed by atoms with Crippen LogP contribution < -0.4 is 10.9 Å². The molecule has 0 saturated heterocycles. The van der Waals surface area contributed by atoms with Gasteiger partial charge in [0.25, 0.3) is 5.56 Å². The zero-order chi connectivity index (χ0) is 17.1. The third-order valence-electron chi connectivity index (χ3n) is 3.45. The second kappa shape index (κ2) is 6.61. The van der Waals surface area contributed by atoms with Crippen LogP contribution in [0.25, 0.3) is 17.2 Å². The molecule has 2 N–H and O–H groups in total. The number of anilines is 1. The average Bonchev–Trinajstić information content (AvgIpc) is 3.00. The number of aromatic amines is 1. The number of H-pyrrole nitrogens is 1. The number of aryl methyl sites for hydroxylation is 1. The fourth-order valence-electron chi connectivity index (χ4n) is 2.18. The van der Waals surface area contributed by atoms with Crippen molar-refractivity contribution in [2.75, 3.05) is 11.9 Å². The first-order valence-electron chi connectivity index (χ1n) is 7.61. The number of benzene rings is 1. The summed E-state index contributed by atoms with van der Waals surface area (Å²) in [6, 6.07) is 6.14. The molecule has 0 saturated carbocycles. The number of nitrogens with one attached hydrogen (secondary N) is 2. The lowest BCUT2D eigenvalue weighted by Crippen LogP contribution is -2.11. The molecule has 0 aliphatic carbocycles. The van der Waals surface area contributed by atoms with E-state index < -0.39 is 0 Å². The number of hydrogen-bond donors (Lipinski definition) is 2. The third-order valence-corrected chi connectivity index (χ3v) is 3.45. The number of rotatable bonds is 5. The minimum absolute atomic E-state index is 0.306. The zero-order valence-electron chi connectivity index (χ0n) is 13.4. The number of hydrogen-bond acceptors (Lipinski definition) is 5. The van der Waals surface area contributed by atoms with Gasteiger partial charge in [-0.05, 0) is 25.0 Å². The van der Waals surface area contributed by atoms with Gasteiger partial charge in [-0.1, -0.05) is 19.1 Å². The van der Waals surface area contributed by atoms with E-state index in [0.717, 1.165) is 6.42 Å². The van der Waals surface area contributed by atoms with Crippen molar-refractivity contribution in [2.45, 2.75) is 20.3 Å². The van der Waals surface area contributed by atoms with Crippen LogP contribution in [-0.2, 0) is 0 Å². The van der Waals surface area contributed by atoms with Gasteiger partial charge in [0.1, 0.15) is 5.82 Å². The Labute approximate surface area is 137 Å². The summed E-state index contributed by atoms with van der Waals surface area (Å²) >= 11 is 0. The van der Waals surface area contributed by atoms with Gasteiger partial charge in [-0.3, -0.25) is 4.79 Å². The Morgan fingerprint density at radius 3 is 2.88 bits per heavy atom. The minimum Gasteiger partial charge on any atom is -0.353 e. The molecule has 0 aliphatic rings. The van der Waals surface area contributed by atoms with Gasteiger partial charge in [-0.15, -0.1) is 5.10 Å². The fraction of sp³-hybridized carbons (Fsp3) is 0.250. The highest BCUT2D eigenvalue weighted by molar-refractivity contribution is 5.59. The van der Waals surface area contributed by atoms with Gasteiger partial charge in [0.05, 0.1) is 6.33 Å². The summed E-state index contributed by atoms with van der Waals surface area (Å²) in [6.45, 7) is 4.42. The van der Waals surface area contributed by atoms with Gasteiger partial charge < -0.3 is 10.3 Å². The second-order valence-corrected chi connectivity index (χ2v) is 5.33. The molecular weight excluding hydrogens is 311 g/mol. The molecular formula is C16H17FN6O. The van der Waals surface area contributed by atoms with Crippen molar-refractivity contribution >= 4 is 5.95 Å². The third kappa shape index (κ3) is 3.17. The maximum Gasteiger partial charge on any atom is 0.252 e. The Bertz CT molecular complexity index is 917. The summed E-state index contributed by atoms with van der Waals surface area (Å²) in [6.07, 6.45) is 2.20. The molecule has 2 heterocycles. The monoisotopic (exact) mass is 328 g/mol. The van der Waals surface area contributed by atoms with Crippen LogP contribution in [-0.4, -0.2) is 31.3 Å². The van der Waals surface area contributed by atoms with Gasteiger partial charge in [0.2, 0.25) is 5.95 Å². The van der Waals surface area contributed by atoms with Gasteiger partial charge in [0, 0.05) is 18.2 Å². The van der Waals surface area contributed by atoms with Gasteiger partial charge in [0.15, 0.2) is 11.6 Å². The Kier molecular flexibility index (Phi) is 4.37. The largest absolute Gasteiger partial charge is 0.353 e. The van der Waals surface area contributed by atoms with E-state index in [4.69, 9.17) is 0 Å². The van der Waals surface area contributed by atoms with Crippen LogP contribution in [0, 0.1) is 12.7 Å². The van der Waals surface area contributed by atoms with Crippen molar-refractivity contribution in [3.8, 4) is 17.2 Å². The molecule has 8 heteroatoms. The van der Waals surface area contributed by atoms with E-state index in [-0.39, 0.29) is 11.4 Å². The smallest absolute Gasteiger partial charge is 0.252 e. The highest BCUT2D eigenvalue weighted by Gasteiger charge is 2.15. The summed E-state index contributed by atoms with van der Waals surface area (Å²) in [4.78, 5) is 22.5. The minimum atomic E-state index is -0.330. The van der Waals surface area contributed by atoms with Crippen LogP contribution in [0.4, 0.5) is 10.3 Å². The number of aromatic nitrogens is 5. The van der Waals surface area contributed by atoms with Crippen molar-refractivity contribution < 1.29 is 4.39 Å². The fourth-order valence-corrected chi connectivity index (χ4v) is 2.18. The van der Waals surface area contributed by atoms with E-state index in [1.54, 1.807) is 19.1 Å². The first kappa shape index (κ1) is 15.9. The van der Waals surface area contributed by atoms with Gasteiger partial charge in [-0.2, -0.15) is 9.67 Å². The molecule has 3 rings (SSSR count). The Morgan fingerprint density at radius 2 is 2.17 bits per heavy atom. The van der Waals surface area contributed by atoms with Crippen molar-refractivity contribution in [1.29, 1.82) is 0 Å². The molecule has 0 amide bonds. The molecule has 0 bridgehead atoms. The van der Waals surface area contributed by atoms with E-state index in [0.29, 0.717) is 35.3 Å². The maximum atomic E-state index is 13.9. The lowest BCUT2D eigenvalue weighted by Gasteiger charge is -2.05. The molecule has 0 radical (unpaired) electrons. The molecule has 3 aromatic rings. The van der Waals surface area contributed by atoms with Crippen molar-refractivity contribution in [2.24, 2.45) is 0 Å². The quantitative estimate of drug-likeness (QED) is 0.750. The Balaban J connectivity index is 2.13. The molecule has 0 spiro atoms.